The van der Waals surface area contributed by atoms with Gasteiger partial charge in [-0.25, -0.2) is 22.7 Å². The highest BCUT2D eigenvalue weighted by atomic mass is 32.1. The Balaban J connectivity index is 1.68. The van der Waals surface area contributed by atoms with Crippen LogP contribution in [0.2, 0.25) is 0 Å². The van der Waals surface area contributed by atoms with Gasteiger partial charge in [-0.3, -0.25) is 4.79 Å². The standard InChI is InChI=1S/C15H13F2N5OS/c16-13(17)12-5-11(8-1-2-8)21-14-10(7-19-22(12)14)15(23)18-6-9-3-4-20-24-9/h3-5,7-8,13H,1-2,6H2,(H,18,23). The number of hydrogen-bond donors (Lipinski definition) is 1. The summed E-state index contributed by atoms with van der Waals surface area (Å²) in [7, 11) is 0. The Morgan fingerprint density at radius 1 is 1.46 bits per heavy atom. The molecule has 1 saturated carbocycles. The van der Waals surface area contributed by atoms with Gasteiger partial charge in [-0.1, -0.05) is 0 Å². The molecule has 1 fully saturated rings. The fraction of sp³-hybridized carbons (Fsp3) is 0.333. The number of amides is 1. The second-order valence-electron chi connectivity index (χ2n) is 5.64. The maximum atomic E-state index is 13.3. The summed E-state index contributed by atoms with van der Waals surface area (Å²) < 4.78 is 31.6. The molecule has 3 heterocycles. The van der Waals surface area contributed by atoms with E-state index in [1.165, 1.54) is 23.8 Å². The molecule has 0 radical (unpaired) electrons. The Bertz CT molecular complexity index is 889. The summed E-state index contributed by atoms with van der Waals surface area (Å²) in [5.74, 6) is -0.186. The van der Waals surface area contributed by atoms with Crippen molar-refractivity contribution < 1.29 is 13.6 Å². The average molecular weight is 349 g/mol. The summed E-state index contributed by atoms with van der Waals surface area (Å²) in [5.41, 5.74) is 0.749. The Labute approximate surface area is 139 Å². The van der Waals surface area contributed by atoms with Gasteiger partial charge in [0, 0.05) is 22.7 Å². The molecule has 124 valence electrons. The summed E-state index contributed by atoms with van der Waals surface area (Å²) in [5, 5.41) is 6.67. The minimum absolute atomic E-state index is 0.177. The van der Waals surface area contributed by atoms with E-state index in [9.17, 15) is 13.6 Å². The van der Waals surface area contributed by atoms with Gasteiger partial charge >= 0.3 is 0 Å². The molecule has 0 spiro atoms. The van der Waals surface area contributed by atoms with Crippen LogP contribution in [0.25, 0.3) is 5.65 Å². The van der Waals surface area contributed by atoms with Gasteiger partial charge in [-0.2, -0.15) is 5.10 Å². The Morgan fingerprint density at radius 2 is 2.29 bits per heavy atom. The highest BCUT2D eigenvalue weighted by molar-refractivity contribution is 7.05. The number of halogens is 2. The third kappa shape index (κ3) is 2.75. The van der Waals surface area contributed by atoms with Crippen LogP contribution in [0, 0.1) is 0 Å². The van der Waals surface area contributed by atoms with Crippen LogP contribution in [0.4, 0.5) is 8.78 Å². The number of alkyl halides is 2. The first-order valence-electron chi connectivity index (χ1n) is 7.48. The molecule has 1 aliphatic carbocycles. The number of fused-ring (bicyclic) bond motifs is 1. The summed E-state index contributed by atoms with van der Waals surface area (Å²) in [6, 6.07) is 3.20. The molecular formula is C15H13F2N5OS. The fourth-order valence-corrected chi connectivity index (χ4v) is 3.02. The van der Waals surface area contributed by atoms with E-state index in [1.54, 1.807) is 12.3 Å². The van der Waals surface area contributed by atoms with Crippen molar-refractivity contribution in [2.45, 2.75) is 31.7 Å². The first-order chi connectivity index (χ1) is 11.6. The fourth-order valence-electron chi connectivity index (χ4n) is 2.51. The Kier molecular flexibility index (Phi) is 3.72. The maximum Gasteiger partial charge on any atom is 0.280 e. The predicted octanol–water partition coefficient (Wildman–Crippen LogP) is 2.93. The van der Waals surface area contributed by atoms with Crippen molar-refractivity contribution in [2.75, 3.05) is 0 Å². The van der Waals surface area contributed by atoms with E-state index in [0.29, 0.717) is 12.2 Å². The predicted molar refractivity (Wildman–Crippen MR) is 83.2 cm³/mol. The van der Waals surface area contributed by atoms with Crippen molar-refractivity contribution in [2.24, 2.45) is 0 Å². The Morgan fingerprint density at radius 3 is 2.96 bits per heavy atom. The molecule has 9 heteroatoms. The van der Waals surface area contributed by atoms with Crippen LogP contribution in [0.1, 0.15) is 51.8 Å². The van der Waals surface area contributed by atoms with Crippen LogP contribution in [0.3, 0.4) is 0 Å². The molecule has 1 N–H and O–H groups in total. The van der Waals surface area contributed by atoms with Crippen molar-refractivity contribution in [1.82, 2.24) is 24.3 Å². The monoisotopic (exact) mass is 349 g/mol. The molecule has 0 bridgehead atoms. The van der Waals surface area contributed by atoms with E-state index >= 15 is 0 Å². The molecule has 0 unspecified atom stereocenters. The van der Waals surface area contributed by atoms with E-state index < -0.39 is 6.43 Å². The SMILES string of the molecule is O=C(NCc1ccns1)c1cnn2c(C(F)F)cc(C3CC3)nc12. The molecule has 1 amide bonds. The zero-order chi connectivity index (χ0) is 16.7. The first kappa shape index (κ1) is 15.1. The van der Waals surface area contributed by atoms with Crippen LogP contribution in [-0.4, -0.2) is 24.9 Å². The number of carbonyl (C=O) groups is 1. The van der Waals surface area contributed by atoms with Gasteiger partial charge in [0.2, 0.25) is 0 Å². The lowest BCUT2D eigenvalue weighted by Gasteiger charge is -2.07. The zero-order valence-corrected chi connectivity index (χ0v) is 13.3. The molecule has 0 aliphatic heterocycles. The minimum Gasteiger partial charge on any atom is -0.347 e. The van der Waals surface area contributed by atoms with E-state index in [-0.39, 0.29) is 28.7 Å². The second kappa shape index (κ2) is 5.90. The van der Waals surface area contributed by atoms with Gasteiger partial charge in [-0.05, 0) is 36.5 Å². The average Bonchev–Trinajstić information content (AvgIpc) is 3.12. The van der Waals surface area contributed by atoms with E-state index in [0.717, 1.165) is 22.2 Å². The number of nitrogens with zero attached hydrogens (tertiary/aromatic N) is 4. The van der Waals surface area contributed by atoms with E-state index in [1.807, 2.05) is 0 Å². The minimum atomic E-state index is -2.68. The summed E-state index contributed by atoms with van der Waals surface area (Å²) in [6.45, 7) is 0.324. The lowest BCUT2D eigenvalue weighted by atomic mass is 10.2. The summed E-state index contributed by atoms with van der Waals surface area (Å²) >= 11 is 1.29. The molecule has 4 rings (SSSR count). The number of rotatable bonds is 5. The number of hydrogen-bond acceptors (Lipinski definition) is 5. The summed E-state index contributed by atoms with van der Waals surface area (Å²) in [4.78, 5) is 17.7. The second-order valence-corrected chi connectivity index (χ2v) is 6.55. The van der Waals surface area contributed by atoms with Gasteiger partial charge in [0.1, 0.15) is 11.3 Å². The van der Waals surface area contributed by atoms with Crippen molar-refractivity contribution in [3.63, 3.8) is 0 Å². The highest BCUT2D eigenvalue weighted by Crippen LogP contribution is 2.40. The molecule has 3 aromatic rings. The van der Waals surface area contributed by atoms with Crippen LogP contribution in [0.15, 0.2) is 24.5 Å². The highest BCUT2D eigenvalue weighted by Gasteiger charge is 2.29. The van der Waals surface area contributed by atoms with Gasteiger partial charge in [0.05, 0.1) is 12.7 Å². The maximum absolute atomic E-state index is 13.3. The molecule has 3 aromatic heterocycles. The van der Waals surface area contributed by atoms with Crippen LogP contribution < -0.4 is 5.32 Å². The van der Waals surface area contributed by atoms with Crippen molar-refractivity contribution in [1.29, 1.82) is 0 Å². The van der Waals surface area contributed by atoms with Crippen molar-refractivity contribution in [3.05, 3.63) is 46.4 Å². The third-order valence-electron chi connectivity index (χ3n) is 3.90. The van der Waals surface area contributed by atoms with Gasteiger partial charge in [-0.15, -0.1) is 0 Å². The van der Waals surface area contributed by atoms with Gasteiger partial charge in [0.25, 0.3) is 12.3 Å². The largest absolute Gasteiger partial charge is 0.347 e. The molecule has 24 heavy (non-hydrogen) atoms. The third-order valence-corrected chi connectivity index (χ3v) is 4.64. The van der Waals surface area contributed by atoms with Crippen molar-refractivity contribution in [3.8, 4) is 0 Å². The van der Waals surface area contributed by atoms with E-state index in [4.69, 9.17) is 0 Å². The van der Waals surface area contributed by atoms with Gasteiger partial charge in [0.15, 0.2) is 5.65 Å². The smallest absolute Gasteiger partial charge is 0.280 e. The molecular weight excluding hydrogens is 336 g/mol. The number of aromatic nitrogens is 4. The van der Waals surface area contributed by atoms with Crippen LogP contribution in [0.5, 0.6) is 0 Å². The van der Waals surface area contributed by atoms with Crippen LogP contribution in [-0.2, 0) is 6.54 Å². The van der Waals surface area contributed by atoms with E-state index in [2.05, 4.69) is 19.8 Å². The normalized spacial score (nSPS) is 14.5. The topological polar surface area (TPSA) is 72.2 Å². The molecule has 6 nitrogen and oxygen atoms in total. The lowest BCUT2D eigenvalue weighted by Crippen LogP contribution is -2.22. The van der Waals surface area contributed by atoms with Crippen LogP contribution >= 0.6 is 11.5 Å². The quantitative estimate of drug-likeness (QED) is 0.769. The molecule has 0 saturated heterocycles. The van der Waals surface area contributed by atoms with Gasteiger partial charge < -0.3 is 5.32 Å². The van der Waals surface area contributed by atoms with Crippen molar-refractivity contribution >= 4 is 23.1 Å². The molecule has 1 aliphatic rings. The Hall–Kier alpha value is -2.42. The molecule has 0 aromatic carbocycles. The first-order valence-corrected chi connectivity index (χ1v) is 8.25. The number of carbonyl (C=O) groups excluding carboxylic acids is 1. The molecule has 0 atom stereocenters. The zero-order valence-electron chi connectivity index (χ0n) is 12.4. The summed E-state index contributed by atoms with van der Waals surface area (Å²) in [6.07, 6.45) is 2.13. The number of nitrogens with one attached hydrogen (secondary N) is 1. The lowest BCUT2D eigenvalue weighted by molar-refractivity contribution is 0.0952.